The normalized spacial score (nSPS) is 7.18. The summed E-state index contributed by atoms with van der Waals surface area (Å²) in [5.74, 6) is 0. The van der Waals surface area contributed by atoms with E-state index in [9.17, 15) is 0 Å². The molecule has 0 aliphatic rings. The standard InChI is InChI=1S/C5H6N2.C2H7N.ClH/c1-5-4-6-2-3-7-5;1-2-3;/h2-4H,1H3;2-3H2,1H3;1H. The van der Waals surface area contributed by atoms with Gasteiger partial charge in [0.05, 0.1) is 5.69 Å². The van der Waals surface area contributed by atoms with Crippen molar-refractivity contribution in [3.63, 3.8) is 0 Å². The summed E-state index contributed by atoms with van der Waals surface area (Å²) in [6, 6.07) is 0. The highest BCUT2D eigenvalue weighted by molar-refractivity contribution is 5.85. The first-order valence-electron chi connectivity index (χ1n) is 3.24. The van der Waals surface area contributed by atoms with E-state index >= 15 is 0 Å². The molecule has 0 aliphatic carbocycles. The Bertz CT molecular complexity index is 155. The van der Waals surface area contributed by atoms with Crippen molar-refractivity contribution < 1.29 is 0 Å². The van der Waals surface area contributed by atoms with Gasteiger partial charge in [0.15, 0.2) is 0 Å². The number of hydrogen-bond donors (Lipinski definition) is 1. The molecule has 1 aromatic rings. The van der Waals surface area contributed by atoms with Crippen LogP contribution in [0.4, 0.5) is 0 Å². The predicted octanol–water partition coefficient (Wildman–Crippen LogP) is 1.17. The Balaban J connectivity index is 0. The quantitative estimate of drug-likeness (QED) is 0.644. The summed E-state index contributed by atoms with van der Waals surface area (Å²) in [5, 5.41) is 0. The van der Waals surface area contributed by atoms with Crippen molar-refractivity contribution in [2.24, 2.45) is 5.73 Å². The van der Waals surface area contributed by atoms with Crippen LogP contribution in [0, 0.1) is 6.92 Å². The zero-order valence-corrected chi connectivity index (χ0v) is 7.64. The molecule has 0 bridgehead atoms. The maximum absolute atomic E-state index is 4.85. The molecule has 2 N–H and O–H groups in total. The molecule has 3 nitrogen and oxygen atoms in total. The Morgan fingerprint density at radius 1 is 1.45 bits per heavy atom. The second kappa shape index (κ2) is 9.33. The van der Waals surface area contributed by atoms with Gasteiger partial charge < -0.3 is 5.73 Å². The second-order valence-corrected chi connectivity index (χ2v) is 1.76. The van der Waals surface area contributed by atoms with E-state index in [1.807, 2.05) is 13.8 Å². The fourth-order valence-electron chi connectivity index (χ4n) is 0.374. The summed E-state index contributed by atoms with van der Waals surface area (Å²) in [4.78, 5) is 7.74. The van der Waals surface area contributed by atoms with Gasteiger partial charge >= 0.3 is 0 Å². The van der Waals surface area contributed by atoms with Crippen LogP contribution in [0.1, 0.15) is 12.6 Å². The van der Waals surface area contributed by atoms with Crippen molar-refractivity contribution in [1.82, 2.24) is 9.97 Å². The van der Waals surface area contributed by atoms with Crippen LogP contribution in [0.15, 0.2) is 18.6 Å². The van der Waals surface area contributed by atoms with Crippen molar-refractivity contribution in [3.8, 4) is 0 Å². The van der Waals surface area contributed by atoms with Crippen molar-refractivity contribution >= 4 is 12.4 Å². The Morgan fingerprint density at radius 2 is 2.00 bits per heavy atom. The number of hydrogen-bond acceptors (Lipinski definition) is 3. The van der Waals surface area contributed by atoms with Crippen LogP contribution in [0.25, 0.3) is 0 Å². The summed E-state index contributed by atoms with van der Waals surface area (Å²) >= 11 is 0. The van der Waals surface area contributed by atoms with Crippen molar-refractivity contribution in [2.75, 3.05) is 6.54 Å². The third kappa shape index (κ3) is 9.33. The molecule has 11 heavy (non-hydrogen) atoms. The first-order valence-corrected chi connectivity index (χ1v) is 3.24. The highest BCUT2D eigenvalue weighted by Gasteiger charge is 1.74. The Morgan fingerprint density at radius 3 is 2.18 bits per heavy atom. The molecule has 0 radical (unpaired) electrons. The molecule has 0 unspecified atom stereocenters. The van der Waals surface area contributed by atoms with E-state index in [0.29, 0.717) is 0 Å². The van der Waals surface area contributed by atoms with Gasteiger partial charge in [-0.25, -0.2) is 0 Å². The van der Waals surface area contributed by atoms with Crippen LogP contribution < -0.4 is 5.73 Å². The minimum atomic E-state index is 0. The molecule has 0 spiro atoms. The summed E-state index contributed by atoms with van der Waals surface area (Å²) in [7, 11) is 0. The van der Waals surface area contributed by atoms with Crippen LogP contribution in [-0.2, 0) is 0 Å². The SMILES string of the molecule is CCN.Cc1cnccn1.Cl. The molecule has 64 valence electrons. The van der Waals surface area contributed by atoms with Gasteiger partial charge in [-0.3, -0.25) is 9.97 Å². The minimum Gasteiger partial charge on any atom is -0.331 e. The number of aryl methyl sites for hydroxylation is 1. The molecule has 1 aromatic heterocycles. The van der Waals surface area contributed by atoms with Gasteiger partial charge in [-0.2, -0.15) is 0 Å². The molecular weight excluding hydrogens is 162 g/mol. The average Bonchev–Trinajstić information content (AvgIpc) is 1.91. The first-order chi connectivity index (χ1) is 4.81. The van der Waals surface area contributed by atoms with E-state index < -0.39 is 0 Å². The third-order valence-electron chi connectivity index (χ3n) is 0.692. The second-order valence-electron chi connectivity index (χ2n) is 1.76. The van der Waals surface area contributed by atoms with Gasteiger partial charge in [-0.05, 0) is 13.5 Å². The number of rotatable bonds is 0. The molecule has 1 rings (SSSR count). The third-order valence-corrected chi connectivity index (χ3v) is 0.692. The number of halogens is 1. The maximum Gasteiger partial charge on any atom is 0.0555 e. The van der Waals surface area contributed by atoms with Crippen LogP contribution in [-0.4, -0.2) is 16.5 Å². The van der Waals surface area contributed by atoms with Gasteiger partial charge in [-0.1, -0.05) is 6.92 Å². The number of nitrogens with two attached hydrogens (primary N) is 1. The van der Waals surface area contributed by atoms with Gasteiger partial charge in [0.25, 0.3) is 0 Å². The Labute approximate surface area is 73.5 Å². The lowest BCUT2D eigenvalue weighted by Crippen LogP contribution is -1.87. The summed E-state index contributed by atoms with van der Waals surface area (Å²) in [5.41, 5.74) is 5.81. The molecule has 0 atom stereocenters. The predicted molar refractivity (Wildman–Crippen MR) is 48.7 cm³/mol. The topological polar surface area (TPSA) is 51.8 Å². The first kappa shape index (κ1) is 13.0. The minimum absolute atomic E-state index is 0. The van der Waals surface area contributed by atoms with Gasteiger partial charge in [0.2, 0.25) is 0 Å². The van der Waals surface area contributed by atoms with Crippen molar-refractivity contribution in [3.05, 3.63) is 24.3 Å². The van der Waals surface area contributed by atoms with E-state index in [4.69, 9.17) is 5.73 Å². The fourth-order valence-corrected chi connectivity index (χ4v) is 0.374. The van der Waals surface area contributed by atoms with E-state index in [0.717, 1.165) is 12.2 Å². The highest BCUT2D eigenvalue weighted by atomic mass is 35.5. The van der Waals surface area contributed by atoms with Crippen LogP contribution >= 0.6 is 12.4 Å². The Hall–Kier alpha value is -0.670. The lowest BCUT2D eigenvalue weighted by molar-refractivity contribution is 1.12. The molecule has 1 heterocycles. The fraction of sp³-hybridized carbons (Fsp3) is 0.429. The molecule has 0 saturated carbocycles. The molecule has 4 heteroatoms. The van der Waals surface area contributed by atoms with Crippen LogP contribution in [0.3, 0.4) is 0 Å². The molecule has 0 aliphatic heterocycles. The zero-order valence-electron chi connectivity index (χ0n) is 6.82. The Kier molecular flexibility index (Phi) is 11.0. The van der Waals surface area contributed by atoms with Gasteiger partial charge in [-0.15, -0.1) is 12.4 Å². The average molecular weight is 176 g/mol. The smallest absolute Gasteiger partial charge is 0.0555 e. The lowest BCUT2D eigenvalue weighted by atomic mass is 10.5. The van der Waals surface area contributed by atoms with E-state index in [1.165, 1.54) is 0 Å². The van der Waals surface area contributed by atoms with Crippen molar-refractivity contribution in [1.29, 1.82) is 0 Å². The molecule has 0 aromatic carbocycles. The molecule has 0 amide bonds. The summed E-state index contributed by atoms with van der Waals surface area (Å²) in [6.07, 6.45) is 5.06. The van der Waals surface area contributed by atoms with Crippen LogP contribution in [0.2, 0.25) is 0 Å². The summed E-state index contributed by atoms with van der Waals surface area (Å²) in [6.45, 7) is 4.56. The monoisotopic (exact) mass is 175 g/mol. The number of nitrogens with zero attached hydrogens (tertiary/aromatic N) is 2. The maximum atomic E-state index is 4.85. The number of aromatic nitrogens is 2. The molecular formula is C7H14ClN3. The lowest BCUT2D eigenvalue weighted by Gasteiger charge is -1.81. The van der Waals surface area contributed by atoms with Gasteiger partial charge in [0.1, 0.15) is 0 Å². The van der Waals surface area contributed by atoms with E-state index in [1.54, 1.807) is 18.6 Å². The highest BCUT2D eigenvalue weighted by Crippen LogP contribution is 1.81. The van der Waals surface area contributed by atoms with E-state index in [-0.39, 0.29) is 12.4 Å². The summed E-state index contributed by atoms with van der Waals surface area (Å²) < 4.78 is 0. The van der Waals surface area contributed by atoms with E-state index in [2.05, 4.69) is 9.97 Å². The van der Waals surface area contributed by atoms with Crippen molar-refractivity contribution in [2.45, 2.75) is 13.8 Å². The van der Waals surface area contributed by atoms with Crippen LogP contribution in [0.5, 0.6) is 0 Å². The molecule has 0 fully saturated rings. The largest absolute Gasteiger partial charge is 0.331 e. The van der Waals surface area contributed by atoms with Gasteiger partial charge in [0, 0.05) is 18.6 Å². The molecule has 0 saturated heterocycles. The zero-order chi connectivity index (χ0) is 7.82.